The number of aromatic amines is 1. The second-order valence-corrected chi connectivity index (χ2v) is 8.55. The zero-order chi connectivity index (χ0) is 20.8. The standard InChI is InChI=1S/C27H17FN2S/c28-22-12-6-4-11-21(22)27-29-25(17-8-2-1-3-9-17)26(30-27)18-14-15-20-19-10-5-7-13-23(19)31-24(20)16-18/h1-16H,(H,29,30). The van der Waals surface area contributed by atoms with Gasteiger partial charge in [0.1, 0.15) is 11.6 Å². The van der Waals surface area contributed by atoms with Gasteiger partial charge in [0.25, 0.3) is 0 Å². The highest BCUT2D eigenvalue weighted by Gasteiger charge is 2.18. The molecule has 2 nitrogen and oxygen atoms in total. The van der Waals surface area contributed by atoms with Crippen LogP contribution >= 0.6 is 11.3 Å². The maximum Gasteiger partial charge on any atom is 0.141 e. The molecule has 6 aromatic rings. The molecule has 31 heavy (non-hydrogen) atoms. The first-order chi connectivity index (χ1) is 15.3. The molecule has 0 aliphatic carbocycles. The summed E-state index contributed by atoms with van der Waals surface area (Å²) in [7, 11) is 0. The minimum atomic E-state index is -0.289. The predicted octanol–water partition coefficient (Wildman–Crippen LogP) is 7.92. The molecule has 0 saturated carbocycles. The summed E-state index contributed by atoms with van der Waals surface area (Å²) >= 11 is 1.78. The van der Waals surface area contributed by atoms with Crippen LogP contribution in [-0.4, -0.2) is 9.97 Å². The van der Waals surface area contributed by atoms with Gasteiger partial charge in [-0.05, 0) is 24.3 Å². The SMILES string of the molecule is Fc1ccccc1-c1nc(-c2ccc3c(c2)sc2ccccc23)c(-c2ccccc2)[nH]1. The van der Waals surface area contributed by atoms with Gasteiger partial charge in [-0.1, -0.05) is 72.8 Å². The molecule has 0 bridgehead atoms. The number of fused-ring (bicyclic) bond motifs is 3. The molecule has 0 unspecified atom stereocenters. The Bertz CT molecular complexity index is 1550. The van der Waals surface area contributed by atoms with Crippen LogP contribution in [0.1, 0.15) is 0 Å². The average Bonchev–Trinajstić information content (AvgIpc) is 3.41. The van der Waals surface area contributed by atoms with E-state index in [0.29, 0.717) is 11.4 Å². The molecule has 6 rings (SSSR count). The van der Waals surface area contributed by atoms with Gasteiger partial charge in [-0.3, -0.25) is 0 Å². The van der Waals surface area contributed by atoms with Crippen LogP contribution in [0.15, 0.2) is 97.1 Å². The monoisotopic (exact) mass is 420 g/mol. The maximum atomic E-state index is 14.5. The van der Waals surface area contributed by atoms with E-state index in [0.717, 1.165) is 22.5 Å². The molecule has 2 heterocycles. The van der Waals surface area contributed by atoms with Crippen molar-refractivity contribution in [3.8, 4) is 33.9 Å². The number of hydrogen-bond donors (Lipinski definition) is 1. The van der Waals surface area contributed by atoms with E-state index < -0.39 is 0 Å². The summed E-state index contributed by atoms with van der Waals surface area (Å²) in [6, 6.07) is 31.7. The van der Waals surface area contributed by atoms with E-state index in [1.54, 1.807) is 23.5 Å². The number of aromatic nitrogens is 2. The summed E-state index contributed by atoms with van der Waals surface area (Å²) in [4.78, 5) is 8.24. The molecule has 0 aliphatic rings. The summed E-state index contributed by atoms with van der Waals surface area (Å²) in [6.45, 7) is 0. The third-order valence-corrected chi connectivity index (χ3v) is 6.68. The first-order valence-electron chi connectivity index (χ1n) is 10.1. The summed E-state index contributed by atoms with van der Waals surface area (Å²) in [6.07, 6.45) is 0. The van der Waals surface area contributed by atoms with Crippen LogP contribution < -0.4 is 0 Å². The van der Waals surface area contributed by atoms with Crippen LogP contribution in [-0.2, 0) is 0 Å². The lowest BCUT2D eigenvalue weighted by Gasteiger charge is -2.03. The minimum Gasteiger partial charge on any atom is -0.337 e. The Kier molecular flexibility index (Phi) is 4.18. The Morgan fingerprint density at radius 2 is 1.42 bits per heavy atom. The summed E-state index contributed by atoms with van der Waals surface area (Å²) < 4.78 is 17.0. The summed E-state index contributed by atoms with van der Waals surface area (Å²) in [5.74, 6) is 0.241. The third-order valence-electron chi connectivity index (χ3n) is 5.55. The van der Waals surface area contributed by atoms with Crippen LogP contribution in [0.3, 0.4) is 0 Å². The van der Waals surface area contributed by atoms with E-state index in [9.17, 15) is 4.39 Å². The third kappa shape index (κ3) is 3.04. The Morgan fingerprint density at radius 1 is 0.677 bits per heavy atom. The lowest BCUT2D eigenvalue weighted by molar-refractivity contribution is 0.630. The van der Waals surface area contributed by atoms with Crippen LogP contribution in [0.5, 0.6) is 0 Å². The van der Waals surface area contributed by atoms with Gasteiger partial charge >= 0.3 is 0 Å². The number of rotatable bonds is 3. The molecule has 1 N–H and O–H groups in total. The molecule has 0 saturated heterocycles. The maximum absolute atomic E-state index is 14.5. The molecule has 0 radical (unpaired) electrons. The van der Waals surface area contributed by atoms with Crippen LogP contribution in [0.4, 0.5) is 4.39 Å². The molecule has 0 spiro atoms. The second kappa shape index (κ2) is 7.18. The van der Waals surface area contributed by atoms with Crippen molar-refractivity contribution in [1.82, 2.24) is 9.97 Å². The van der Waals surface area contributed by atoms with Crippen molar-refractivity contribution in [1.29, 1.82) is 0 Å². The van der Waals surface area contributed by atoms with Crippen molar-refractivity contribution < 1.29 is 4.39 Å². The molecule has 0 aliphatic heterocycles. The largest absolute Gasteiger partial charge is 0.337 e. The van der Waals surface area contributed by atoms with E-state index in [2.05, 4.69) is 47.4 Å². The van der Waals surface area contributed by atoms with E-state index in [1.807, 2.05) is 36.4 Å². The number of benzene rings is 4. The van der Waals surface area contributed by atoms with Crippen molar-refractivity contribution in [3.63, 3.8) is 0 Å². The number of hydrogen-bond acceptors (Lipinski definition) is 2. The van der Waals surface area contributed by atoms with Crippen molar-refractivity contribution in [2.75, 3.05) is 0 Å². The van der Waals surface area contributed by atoms with Crippen LogP contribution in [0, 0.1) is 5.82 Å². The van der Waals surface area contributed by atoms with Crippen molar-refractivity contribution in [2.24, 2.45) is 0 Å². The van der Waals surface area contributed by atoms with E-state index in [-0.39, 0.29) is 5.82 Å². The van der Waals surface area contributed by atoms with Crippen molar-refractivity contribution in [2.45, 2.75) is 0 Å². The topological polar surface area (TPSA) is 28.7 Å². The lowest BCUT2D eigenvalue weighted by Crippen LogP contribution is -1.85. The average molecular weight is 421 g/mol. The highest BCUT2D eigenvalue weighted by molar-refractivity contribution is 7.25. The molecule has 0 fully saturated rings. The van der Waals surface area contributed by atoms with E-state index in [4.69, 9.17) is 4.98 Å². The molecule has 4 heteroatoms. The molecular weight excluding hydrogens is 403 g/mol. The summed E-state index contributed by atoms with van der Waals surface area (Å²) in [5.41, 5.74) is 4.21. The number of thiophene rings is 1. The quantitative estimate of drug-likeness (QED) is 0.309. The number of imidazole rings is 1. The minimum absolute atomic E-state index is 0.289. The van der Waals surface area contributed by atoms with Gasteiger partial charge in [0.05, 0.1) is 17.0 Å². The van der Waals surface area contributed by atoms with Gasteiger partial charge in [0.15, 0.2) is 0 Å². The van der Waals surface area contributed by atoms with Gasteiger partial charge < -0.3 is 4.98 Å². The molecule has 2 aromatic heterocycles. The van der Waals surface area contributed by atoms with Crippen molar-refractivity contribution in [3.05, 3.63) is 103 Å². The Balaban J connectivity index is 1.58. The van der Waals surface area contributed by atoms with Gasteiger partial charge in [-0.2, -0.15) is 0 Å². The Hall–Kier alpha value is -3.76. The highest BCUT2D eigenvalue weighted by Crippen LogP contribution is 2.39. The van der Waals surface area contributed by atoms with Gasteiger partial charge in [0.2, 0.25) is 0 Å². The van der Waals surface area contributed by atoms with Gasteiger partial charge in [-0.15, -0.1) is 11.3 Å². The van der Waals surface area contributed by atoms with Gasteiger partial charge in [0, 0.05) is 31.3 Å². The fourth-order valence-corrected chi connectivity index (χ4v) is 5.20. The summed E-state index contributed by atoms with van der Waals surface area (Å²) in [5, 5.41) is 2.52. The number of nitrogens with one attached hydrogen (secondary N) is 1. The first kappa shape index (κ1) is 18.0. The fraction of sp³-hybridized carbons (Fsp3) is 0. The normalized spacial score (nSPS) is 11.4. The second-order valence-electron chi connectivity index (χ2n) is 7.46. The first-order valence-corrected chi connectivity index (χ1v) is 10.9. The molecule has 0 amide bonds. The van der Waals surface area contributed by atoms with E-state index >= 15 is 0 Å². The molecule has 4 aromatic carbocycles. The number of nitrogens with zero attached hydrogens (tertiary/aromatic N) is 1. The van der Waals surface area contributed by atoms with Gasteiger partial charge in [-0.25, -0.2) is 9.37 Å². The Labute approximate surface area is 182 Å². The Morgan fingerprint density at radius 3 is 2.29 bits per heavy atom. The molecule has 0 atom stereocenters. The molecule has 148 valence electrons. The fourth-order valence-electron chi connectivity index (χ4n) is 4.05. The predicted molar refractivity (Wildman–Crippen MR) is 128 cm³/mol. The van der Waals surface area contributed by atoms with Crippen molar-refractivity contribution >= 4 is 31.5 Å². The zero-order valence-electron chi connectivity index (χ0n) is 16.5. The van der Waals surface area contributed by atoms with Crippen LogP contribution in [0.25, 0.3) is 54.1 Å². The number of H-pyrrole nitrogens is 1. The van der Waals surface area contributed by atoms with E-state index in [1.165, 1.54) is 26.2 Å². The smallest absolute Gasteiger partial charge is 0.141 e. The lowest BCUT2D eigenvalue weighted by atomic mass is 10.0. The van der Waals surface area contributed by atoms with Crippen LogP contribution in [0.2, 0.25) is 0 Å². The zero-order valence-corrected chi connectivity index (χ0v) is 17.3. The molecular formula is C27H17FN2S. The highest BCUT2D eigenvalue weighted by atomic mass is 32.1. The number of halogens is 1.